The number of carbonyl (C=O) groups is 1. The second kappa shape index (κ2) is 5.43. The van der Waals surface area contributed by atoms with E-state index >= 15 is 0 Å². The summed E-state index contributed by atoms with van der Waals surface area (Å²) in [5.41, 5.74) is 12.3. The molecule has 4 N–H and O–H groups in total. The Morgan fingerprint density at radius 1 is 1.50 bits per heavy atom. The lowest BCUT2D eigenvalue weighted by Crippen LogP contribution is -2.27. The molecule has 0 aliphatic rings. The van der Waals surface area contributed by atoms with Crippen LogP contribution in [-0.2, 0) is 4.74 Å². The second-order valence-electron chi connectivity index (χ2n) is 5.56. The summed E-state index contributed by atoms with van der Waals surface area (Å²) in [7, 11) is 0. The molecule has 0 spiro atoms. The maximum Gasteiger partial charge on any atom is 0.435 e. The van der Waals surface area contributed by atoms with Crippen LogP contribution in [0.15, 0.2) is 28.5 Å². The van der Waals surface area contributed by atoms with E-state index in [0.717, 1.165) is 4.68 Å². The van der Waals surface area contributed by atoms with E-state index in [9.17, 15) is 9.59 Å². The fourth-order valence-electron chi connectivity index (χ4n) is 1.75. The Hall–Kier alpha value is -2.97. The van der Waals surface area contributed by atoms with Gasteiger partial charge in [-0.2, -0.15) is 14.9 Å². The molecule has 0 amide bonds. The molecule has 0 bridgehead atoms. The Morgan fingerprint density at radius 3 is 2.77 bits per heavy atom. The highest BCUT2D eigenvalue weighted by Gasteiger charge is 2.20. The number of anilines is 1. The van der Waals surface area contributed by atoms with E-state index in [1.807, 2.05) is 0 Å². The summed E-state index contributed by atoms with van der Waals surface area (Å²) in [6.07, 6.45) is 3.53. The molecule has 2 aromatic rings. The van der Waals surface area contributed by atoms with Crippen molar-refractivity contribution < 1.29 is 9.53 Å². The molecular weight excluding hydrogens is 288 g/mol. The van der Waals surface area contributed by atoms with Gasteiger partial charge in [0.05, 0.1) is 6.20 Å². The van der Waals surface area contributed by atoms with Gasteiger partial charge in [-0.25, -0.2) is 10.3 Å². The van der Waals surface area contributed by atoms with E-state index in [0.29, 0.717) is 11.1 Å². The van der Waals surface area contributed by atoms with Crippen molar-refractivity contribution in [2.45, 2.75) is 26.4 Å². The Labute approximate surface area is 125 Å². The average molecular weight is 304 g/mol. The maximum absolute atomic E-state index is 11.9. The van der Waals surface area contributed by atoms with Crippen LogP contribution in [0.25, 0.3) is 11.1 Å². The van der Waals surface area contributed by atoms with Crippen molar-refractivity contribution in [1.82, 2.24) is 14.8 Å². The Balaban J connectivity index is 2.41. The van der Waals surface area contributed by atoms with Crippen molar-refractivity contribution >= 4 is 17.5 Å². The predicted molar refractivity (Wildman–Crippen MR) is 79.1 cm³/mol. The first-order valence-corrected chi connectivity index (χ1v) is 6.40. The first kappa shape index (κ1) is 15.4. The van der Waals surface area contributed by atoms with E-state index in [1.54, 1.807) is 20.8 Å². The second-order valence-corrected chi connectivity index (χ2v) is 5.56. The van der Waals surface area contributed by atoms with Crippen molar-refractivity contribution in [3.8, 4) is 11.1 Å². The minimum absolute atomic E-state index is 0.0208. The summed E-state index contributed by atoms with van der Waals surface area (Å²) in [6, 6.07) is 0. The number of carbonyl (C=O) groups excluding carboxylic acids is 1. The summed E-state index contributed by atoms with van der Waals surface area (Å²) in [6.45, 7) is 5.24. The molecule has 116 valence electrons. The quantitative estimate of drug-likeness (QED) is 0.730. The third kappa shape index (κ3) is 3.03. The number of nitrogens with zero attached hydrogens (tertiary/aromatic N) is 3. The van der Waals surface area contributed by atoms with Crippen LogP contribution in [0.1, 0.15) is 20.8 Å². The van der Waals surface area contributed by atoms with Gasteiger partial charge in [-0.15, -0.1) is 0 Å². The lowest BCUT2D eigenvalue weighted by molar-refractivity contribution is 0.0514. The molecule has 0 aromatic carbocycles. The summed E-state index contributed by atoms with van der Waals surface area (Å²) < 4.78 is 6.21. The minimum Gasteiger partial charge on any atom is -0.442 e. The fourth-order valence-corrected chi connectivity index (χ4v) is 1.75. The zero-order valence-corrected chi connectivity index (χ0v) is 12.4. The van der Waals surface area contributed by atoms with Gasteiger partial charge in [0, 0.05) is 23.5 Å². The molecule has 22 heavy (non-hydrogen) atoms. The molecule has 9 nitrogen and oxygen atoms in total. The van der Waals surface area contributed by atoms with E-state index in [-0.39, 0.29) is 11.4 Å². The number of H-pyrrole nitrogens is 1. The number of nitrogens with two attached hydrogens (primary N) is 1. The lowest BCUT2D eigenvalue weighted by atomic mass is 10.1. The highest BCUT2D eigenvalue weighted by Crippen LogP contribution is 2.32. The van der Waals surface area contributed by atoms with Crippen LogP contribution >= 0.6 is 0 Å². The molecule has 2 aromatic heterocycles. The number of nitrogen functional groups attached to an aromatic ring is 1. The molecule has 0 unspecified atom stereocenters. The number of rotatable bonds is 2. The molecule has 0 saturated carbocycles. The predicted octanol–water partition coefficient (Wildman–Crippen LogP) is 2.27. The van der Waals surface area contributed by atoms with Gasteiger partial charge in [-0.1, -0.05) is 0 Å². The molecule has 2 rings (SSSR count). The highest BCUT2D eigenvalue weighted by molar-refractivity contribution is 5.83. The number of hydrogen-bond acceptors (Lipinski definition) is 7. The molecule has 0 aliphatic heterocycles. The average Bonchev–Trinajstić information content (AvgIpc) is 2.89. The first-order chi connectivity index (χ1) is 10.2. The SMILES string of the molecule is CC(C)(C)OC(=O)n1cc(-c2c[nH]c(=O)c(N)c2N=N)cn1. The van der Waals surface area contributed by atoms with Crippen LogP contribution in [0.3, 0.4) is 0 Å². The molecule has 0 aliphatic carbocycles. The van der Waals surface area contributed by atoms with Crippen LogP contribution in [0.4, 0.5) is 16.2 Å². The number of aromatic amines is 1. The molecule has 0 fully saturated rings. The van der Waals surface area contributed by atoms with Crippen molar-refractivity contribution in [2.75, 3.05) is 5.73 Å². The lowest BCUT2D eigenvalue weighted by Gasteiger charge is -2.18. The highest BCUT2D eigenvalue weighted by atomic mass is 16.6. The zero-order valence-electron chi connectivity index (χ0n) is 12.4. The Kier molecular flexibility index (Phi) is 3.81. The summed E-state index contributed by atoms with van der Waals surface area (Å²) >= 11 is 0. The summed E-state index contributed by atoms with van der Waals surface area (Å²) in [4.78, 5) is 25.8. The van der Waals surface area contributed by atoms with Gasteiger partial charge in [-0.3, -0.25) is 4.79 Å². The summed E-state index contributed by atoms with van der Waals surface area (Å²) in [5.74, 6) is 0. The van der Waals surface area contributed by atoms with Crippen LogP contribution in [0, 0.1) is 5.53 Å². The van der Waals surface area contributed by atoms with Gasteiger partial charge < -0.3 is 15.5 Å². The van der Waals surface area contributed by atoms with Crippen LogP contribution in [0.5, 0.6) is 0 Å². The molecule has 2 heterocycles. The number of nitrogens with one attached hydrogen (secondary N) is 2. The number of pyridine rings is 1. The third-order valence-electron chi connectivity index (χ3n) is 2.69. The fraction of sp³-hybridized carbons (Fsp3) is 0.308. The molecule has 0 saturated heterocycles. The van der Waals surface area contributed by atoms with Crippen LogP contribution in [0.2, 0.25) is 0 Å². The molecule has 9 heteroatoms. The Morgan fingerprint density at radius 2 is 2.18 bits per heavy atom. The maximum atomic E-state index is 11.9. The molecular formula is C13H16N6O3. The standard InChI is InChI=1S/C13H16N6O3/c1-13(2,3)22-12(21)19-6-7(4-17-19)8-5-16-11(20)9(14)10(8)18-15/h4-6,15H,14H2,1-3H3,(H,16,20). The molecule has 0 radical (unpaired) electrons. The van der Waals surface area contributed by atoms with Gasteiger partial charge in [0.25, 0.3) is 5.56 Å². The van der Waals surface area contributed by atoms with Crippen molar-refractivity contribution in [1.29, 1.82) is 5.53 Å². The van der Waals surface area contributed by atoms with Crippen LogP contribution in [-0.4, -0.2) is 26.5 Å². The summed E-state index contributed by atoms with van der Waals surface area (Å²) in [5, 5.41) is 7.18. The molecule has 0 atom stereocenters. The monoisotopic (exact) mass is 304 g/mol. The first-order valence-electron chi connectivity index (χ1n) is 6.40. The minimum atomic E-state index is -0.646. The van der Waals surface area contributed by atoms with Gasteiger partial charge >= 0.3 is 6.09 Å². The number of aromatic nitrogens is 3. The third-order valence-corrected chi connectivity index (χ3v) is 2.69. The smallest absolute Gasteiger partial charge is 0.435 e. The largest absolute Gasteiger partial charge is 0.442 e. The number of ether oxygens (including phenoxy) is 1. The van der Waals surface area contributed by atoms with Gasteiger partial charge in [0.15, 0.2) is 0 Å². The van der Waals surface area contributed by atoms with E-state index < -0.39 is 17.3 Å². The topological polar surface area (TPSA) is 139 Å². The van der Waals surface area contributed by atoms with Crippen LogP contribution < -0.4 is 11.3 Å². The van der Waals surface area contributed by atoms with Gasteiger partial charge in [0.1, 0.15) is 17.0 Å². The van der Waals surface area contributed by atoms with Gasteiger partial charge in [0.2, 0.25) is 0 Å². The van der Waals surface area contributed by atoms with E-state index in [1.165, 1.54) is 18.6 Å². The number of hydrogen-bond donors (Lipinski definition) is 3. The van der Waals surface area contributed by atoms with Crippen molar-refractivity contribution in [3.05, 3.63) is 28.9 Å². The van der Waals surface area contributed by atoms with E-state index in [4.69, 9.17) is 16.0 Å². The van der Waals surface area contributed by atoms with Crippen molar-refractivity contribution in [3.63, 3.8) is 0 Å². The zero-order chi connectivity index (χ0) is 16.5. The van der Waals surface area contributed by atoms with Gasteiger partial charge in [-0.05, 0) is 20.8 Å². The van der Waals surface area contributed by atoms with Crippen molar-refractivity contribution in [2.24, 2.45) is 5.11 Å². The normalized spacial score (nSPS) is 11.2. The van der Waals surface area contributed by atoms with E-state index in [2.05, 4.69) is 15.2 Å². The Bertz CT molecular complexity index is 784.